The quantitative estimate of drug-likeness (QED) is 0.547. The highest BCUT2D eigenvalue weighted by atomic mass is 14.9. The van der Waals surface area contributed by atoms with Crippen molar-refractivity contribution in [1.82, 2.24) is 5.32 Å². The summed E-state index contributed by atoms with van der Waals surface area (Å²) in [7, 11) is 1.91. The molecule has 0 amide bonds. The summed E-state index contributed by atoms with van der Waals surface area (Å²) in [4.78, 5) is 0. The van der Waals surface area contributed by atoms with Crippen LogP contribution < -0.4 is 11.1 Å². The summed E-state index contributed by atoms with van der Waals surface area (Å²) < 4.78 is 0. The first kappa shape index (κ1) is 7.50. The average Bonchev–Trinajstić information content (AvgIpc) is 1.84. The molecule has 0 spiro atoms. The third-order valence-electron chi connectivity index (χ3n) is 1.38. The van der Waals surface area contributed by atoms with E-state index in [0.29, 0.717) is 6.04 Å². The number of nitrogens with one attached hydrogen (secondary N) is 1. The predicted molar refractivity (Wildman–Crippen MR) is 36.5 cm³/mol. The molecule has 0 aromatic carbocycles. The monoisotopic (exact) mass is 114 g/mol. The molecule has 2 nitrogen and oxygen atoms in total. The van der Waals surface area contributed by atoms with E-state index in [0.717, 1.165) is 0 Å². The highest BCUT2D eigenvalue weighted by Gasteiger charge is 1.96. The second-order valence-electron chi connectivity index (χ2n) is 1.92. The maximum absolute atomic E-state index is 5.25. The summed E-state index contributed by atoms with van der Waals surface area (Å²) >= 11 is 0. The van der Waals surface area contributed by atoms with Gasteiger partial charge in [-0.15, -0.1) is 0 Å². The molecule has 0 heterocycles. The number of rotatable bonds is 2. The lowest BCUT2D eigenvalue weighted by Crippen LogP contribution is -2.22. The minimum Gasteiger partial charge on any atom is -0.405 e. The first-order valence-corrected chi connectivity index (χ1v) is 2.78. The van der Waals surface area contributed by atoms with Crippen LogP contribution >= 0.6 is 0 Å². The molecule has 8 heavy (non-hydrogen) atoms. The zero-order valence-corrected chi connectivity index (χ0v) is 5.73. The largest absolute Gasteiger partial charge is 0.405 e. The molecule has 3 N–H and O–H groups in total. The van der Waals surface area contributed by atoms with E-state index in [1.165, 1.54) is 5.57 Å². The first-order valence-electron chi connectivity index (χ1n) is 2.78. The third kappa shape index (κ3) is 1.98. The molecule has 2 heteroatoms. The minimum absolute atomic E-state index is 0.403. The summed E-state index contributed by atoms with van der Waals surface area (Å²) in [5, 5.41) is 3.07. The number of nitrogens with two attached hydrogens (primary N) is 1. The molecule has 0 fully saturated rings. The molecule has 0 aliphatic heterocycles. The topological polar surface area (TPSA) is 38.0 Å². The van der Waals surface area contributed by atoms with Crippen molar-refractivity contribution >= 4 is 0 Å². The van der Waals surface area contributed by atoms with Crippen LogP contribution in [0.2, 0.25) is 0 Å². The molecule has 0 saturated heterocycles. The van der Waals surface area contributed by atoms with Crippen LogP contribution in [0.1, 0.15) is 13.8 Å². The van der Waals surface area contributed by atoms with E-state index in [4.69, 9.17) is 5.73 Å². The van der Waals surface area contributed by atoms with Gasteiger partial charge in [0.25, 0.3) is 0 Å². The maximum Gasteiger partial charge on any atom is 0.0262 e. The minimum atomic E-state index is 0.403. The summed E-state index contributed by atoms with van der Waals surface area (Å²) in [6, 6.07) is 0.403. The van der Waals surface area contributed by atoms with Crippen LogP contribution in [0.3, 0.4) is 0 Å². The molecule has 0 aliphatic carbocycles. The normalized spacial score (nSPS) is 16.1. The van der Waals surface area contributed by atoms with Gasteiger partial charge in [0.15, 0.2) is 0 Å². The van der Waals surface area contributed by atoms with E-state index >= 15 is 0 Å². The van der Waals surface area contributed by atoms with Gasteiger partial charge >= 0.3 is 0 Å². The lowest BCUT2D eigenvalue weighted by molar-refractivity contribution is 0.690. The second-order valence-corrected chi connectivity index (χ2v) is 1.92. The lowest BCUT2D eigenvalue weighted by Gasteiger charge is -2.08. The highest BCUT2D eigenvalue weighted by Crippen LogP contribution is 1.94. The number of hydrogen-bond acceptors (Lipinski definition) is 2. The lowest BCUT2D eigenvalue weighted by atomic mass is 10.2. The maximum atomic E-state index is 5.25. The third-order valence-corrected chi connectivity index (χ3v) is 1.38. The Hall–Kier alpha value is -0.500. The fourth-order valence-corrected chi connectivity index (χ4v) is 0.372. The second kappa shape index (κ2) is 3.50. The van der Waals surface area contributed by atoms with Gasteiger partial charge in [-0.2, -0.15) is 0 Å². The van der Waals surface area contributed by atoms with Crippen LogP contribution in [0.25, 0.3) is 0 Å². The van der Waals surface area contributed by atoms with Crippen molar-refractivity contribution in [3.63, 3.8) is 0 Å². The van der Waals surface area contributed by atoms with Gasteiger partial charge in [0.1, 0.15) is 0 Å². The van der Waals surface area contributed by atoms with E-state index in [1.54, 1.807) is 6.20 Å². The zero-order chi connectivity index (χ0) is 6.57. The molecule has 0 rings (SSSR count). The molecule has 1 atom stereocenters. The predicted octanol–water partition coefficient (Wildman–Crippen LogP) is 0.457. The fraction of sp³-hybridized carbons (Fsp3) is 0.667. The molecule has 48 valence electrons. The highest BCUT2D eigenvalue weighted by molar-refractivity contribution is 5.02. The van der Waals surface area contributed by atoms with Crippen molar-refractivity contribution in [1.29, 1.82) is 0 Å². The van der Waals surface area contributed by atoms with E-state index in [9.17, 15) is 0 Å². The Kier molecular flexibility index (Phi) is 3.28. The molecule has 0 aliphatic rings. The molecule has 0 aromatic rings. The Bertz CT molecular complexity index is 86.5. The first-order chi connectivity index (χ1) is 3.72. The van der Waals surface area contributed by atoms with Crippen LogP contribution in [0.5, 0.6) is 0 Å². The Balaban J connectivity index is 3.63. The van der Waals surface area contributed by atoms with E-state index < -0.39 is 0 Å². The van der Waals surface area contributed by atoms with Crippen LogP contribution in [0.15, 0.2) is 11.8 Å². The van der Waals surface area contributed by atoms with Gasteiger partial charge in [-0.1, -0.05) is 0 Å². The summed E-state index contributed by atoms with van der Waals surface area (Å²) in [6.07, 6.45) is 1.63. The van der Waals surface area contributed by atoms with Crippen molar-refractivity contribution in [2.45, 2.75) is 19.9 Å². The van der Waals surface area contributed by atoms with E-state index in [-0.39, 0.29) is 0 Å². The molecule has 0 saturated carbocycles. The molecule has 0 bridgehead atoms. The zero-order valence-electron chi connectivity index (χ0n) is 5.73. The number of hydrogen-bond donors (Lipinski definition) is 2. The van der Waals surface area contributed by atoms with Gasteiger partial charge < -0.3 is 11.1 Å². The summed E-state index contributed by atoms with van der Waals surface area (Å²) in [5.41, 5.74) is 6.42. The fourth-order valence-electron chi connectivity index (χ4n) is 0.372. The summed E-state index contributed by atoms with van der Waals surface area (Å²) in [6.45, 7) is 4.07. The van der Waals surface area contributed by atoms with E-state index in [1.807, 2.05) is 14.0 Å². The Morgan fingerprint density at radius 1 is 1.75 bits per heavy atom. The van der Waals surface area contributed by atoms with Gasteiger partial charge in [0.05, 0.1) is 0 Å². The molecule has 0 aromatic heterocycles. The van der Waals surface area contributed by atoms with Crippen molar-refractivity contribution in [3.8, 4) is 0 Å². The van der Waals surface area contributed by atoms with Gasteiger partial charge in [-0.25, -0.2) is 0 Å². The van der Waals surface area contributed by atoms with Crippen LogP contribution in [0, 0.1) is 0 Å². The van der Waals surface area contributed by atoms with E-state index in [2.05, 4.69) is 12.2 Å². The average molecular weight is 114 g/mol. The van der Waals surface area contributed by atoms with Gasteiger partial charge in [0, 0.05) is 6.04 Å². The van der Waals surface area contributed by atoms with Crippen molar-refractivity contribution in [3.05, 3.63) is 11.8 Å². The molecular formula is C6H14N2. The van der Waals surface area contributed by atoms with Gasteiger partial charge in [-0.05, 0) is 32.7 Å². The summed E-state index contributed by atoms with van der Waals surface area (Å²) in [5.74, 6) is 0. The molecule has 0 radical (unpaired) electrons. The Morgan fingerprint density at radius 2 is 2.25 bits per heavy atom. The van der Waals surface area contributed by atoms with Crippen molar-refractivity contribution in [2.75, 3.05) is 7.05 Å². The van der Waals surface area contributed by atoms with Gasteiger partial charge in [-0.3, -0.25) is 0 Å². The number of likely N-dealkylation sites (N-methyl/N-ethyl adjacent to an activating group) is 1. The van der Waals surface area contributed by atoms with Gasteiger partial charge in [0.2, 0.25) is 0 Å². The van der Waals surface area contributed by atoms with Crippen LogP contribution in [-0.2, 0) is 0 Å². The molecule has 1 unspecified atom stereocenters. The Labute approximate surface area is 50.8 Å². The van der Waals surface area contributed by atoms with Crippen molar-refractivity contribution in [2.24, 2.45) is 5.73 Å². The molecular weight excluding hydrogens is 100 g/mol. The van der Waals surface area contributed by atoms with Crippen molar-refractivity contribution < 1.29 is 0 Å². The standard InChI is InChI=1S/C6H14N2/c1-5(4-7)6(2)8-3/h4,6,8H,7H2,1-3H3/b5-4-. The van der Waals surface area contributed by atoms with Crippen LogP contribution in [-0.4, -0.2) is 13.1 Å². The Morgan fingerprint density at radius 3 is 2.38 bits per heavy atom. The SMILES string of the molecule is CNC(C)/C(C)=C\N. The smallest absolute Gasteiger partial charge is 0.0262 e. The van der Waals surface area contributed by atoms with Crippen LogP contribution in [0.4, 0.5) is 0 Å².